The van der Waals surface area contributed by atoms with Crippen LogP contribution in [0.5, 0.6) is 0 Å². The third-order valence-electron chi connectivity index (χ3n) is 4.19. The third kappa shape index (κ3) is 2.97. The maximum Gasteiger partial charge on any atom is 0.194 e. The predicted octanol–water partition coefficient (Wildman–Crippen LogP) is 4.17. The van der Waals surface area contributed by atoms with Crippen molar-refractivity contribution >= 4 is 11.6 Å². The summed E-state index contributed by atoms with van der Waals surface area (Å²) in [6, 6.07) is 12.4. The van der Waals surface area contributed by atoms with E-state index in [1.54, 1.807) is 30.3 Å². The Kier molecular flexibility index (Phi) is 4.68. The second-order valence-corrected chi connectivity index (χ2v) is 5.80. The smallest absolute Gasteiger partial charge is 0.194 e. The van der Waals surface area contributed by atoms with Crippen molar-refractivity contribution in [1.82, 2.24) is 0 Å². The van der Waals surface area contributed by atoms with Crippen LogP contribution < -0.4 is 0 Å². The largest absolute Gasteiger partial charge is 0.377 e. The second-order valence-electron chi connectivity index (χ2n) is 5.80. The van der Waals surface area contributed by atoms with Crippen molar-refractivity contribution in [2.75, 3.05) is 6.61 Å². The molecular weight excluding hydrogens is 288 g/mol. The Morgan fingerprint density at radius 1 is 0.826 bits per heavy atom. The number of carbonyl (C=O) groups is 2. The van der Waals surface area contributed by atoms with Crippen LogP contribution in [0.25, 0.3) is 0 Å². The number of fused-ring (bicyclic) bond motifs is 2. The zero-order valence-corrected chi connectivity index (χ0v) is 13.3. The molecule has 0 atom stereocenters. The number of unbranched alkanes of at least 4 members (excludes halogenated alkanes) is 2. The highest BCUT2D eigenvalue weighted by Gasteiger charge is 2.30. The van der Waals surface area contributed by atoms with Crippen LogP contribution in [-0.2, 0) is 11.3 Å². The summed E-state index contributed by atoms with van der Waals surface area (Å²) < 4.78 is 5.70. The van der Waals surface area contributed by atoms with Crippen LogP contribution >= 0.6 is 0 Å². The first-order chi connectivity index (χ1) is 11.2. The van der Waals surface area contributed by atoms with Crippen LogP contribution in [-0.4, -0.2) is 18.2 Å². The fourth-order valence-electron chi connectivity index (χ4n) is 2.97. The highest BCUT2D eigenvalue weighted by molar-refractivity contribution is 6.28. The third-order valence-corrected chi connectivity index (χ3v) is 4.19. The Labute approximate surface area is 136 Å². The monoisotopic (exact) mass is 308 g/mol. The van der Waals surface area contributed by atoms with E-state index in [-0.39, 0.29) is 11.6 Å². The zero-order valence-electron chi connectivity index (χ0n) is 13.3. The van der Waals surface area contributed by atoms with E-state index in [0.29, 0.717) is 35.5 Å². The number of ketones is 2. The van der Waals surface area contributed by atoms with E-state index in [9.17, 15) is 9.59 Å². The Hall–Kier alpha value is -2.26. The van der Waals surface area contributed by atoms with Gasteiger partial charge in [0.15, 0.2) is 11.6 Å². The van der Waals surface area contributed by atoms with Crippen molar-refractivity contribution in [1.29, 1.82) is 0 Å². The van der Waals surface area contributed by atoms with Crippen molar-refractivity contribution in [3.8, 4) is 0 Å². The molecule has 1 aliphatic rings. The standard InChI is InChI=1S/C20H20O3/c1-2-3-6-12-23-13-14-8-7-11-17-18(14)20(22)16-10-5-4-9-15(16)19(17)21/h4-5,7-11H,2-3,6,12-13H2,1H3. The molecule has 0 spiro atoms. The molecule has 2 aromatic carbocycles. The molecule has 0 N–H and O–H groups in total. The molecule has 3 heteroatoms. The summed E-state index contributed by atoms with van der Waals surface area (Å²) in [7, 11) is 0. The van der Waals surface area contributed by atoms with Gasteiger partial charge in [0.2, 0.25) is 0 Å². The summed E-state index contributed by atoms with van der Waals surface area (Å²) in [6.07, 6.45) is 3.30. The predicted molar refractivity (Wildman–Crippen MR) is 88.9 cm³/mol. The van der Waals surface area contributed by atoms with Gasteiger partial charge < -0.3 is 4.74 Å². The van der Waals surface area contributed by atoms with E-state index in [0.717, 1.165) is 24.8 Å². The number of hydrogen-bond donors (Lipinski definition) is 0. The van der Waals surface area contributed by atoms with Gasteiger partial charge in [-0.25, -0.2) is 0 Å². The number of carbonyl (C=O) groups excluding carboxylic acids is 2. The zero-order chi connectivity index (χ0) is 16.2. The van der Waals surface area contributed by atoms with E-state index in [1.165, 1.54) is 0 Å². The van der Waals surface area contributed by atoms with Crippen LogP contribution in [0.1, 0.15) is 63.6 Å². The van der Waals surface area contributed by atoms with Gasteiger partial charge in [-0.05, 0) is 12.0 Å². The molecule has 3 rings (SSSR count). The molecule has 0 fully saturated rings. The minimum Gasteiger partial charge on any atom is -0.377 e. The number of hydrogen-bond acceptors (Lipinski definition) is 3. The molecule has 118 valence electrons. The first-order valence-corrected chi connectivity index (χ1v) is 8.12. The lowest BCUT2D eigenvalue weighted by molar-refractivity contribution is 0.0965. The van der Waals surface area contributed by atoms with Crippen molar-refractivity contribution < 1.29 is 14.3 Å². The summed E-state index contributed by atoms with van der Waals surface area (Å²) >= 11 is 0. The van der Waals surface area contributed by atoms with Gasteiger partial charge in [0.25, 0.3) is 0 Å². The molecule has 0 saturated carbocycles. The fraction of sp³-hybridized carbons (Fsp3) is 0.300. The van der Waals surface area contributed by atoms with E-state index in [1.807, 2.05) is 12.1 Å². The average molecular weight is 308 g/mol. The highest BCUT2D eigenvalue weighted by Crippen LogP contribution is 2.29. The SMILES string of the molecule is CCCCCOCc1cccc2c1C(=O)c1ccccc1C2=O. The molecular formula is C20H20O3. The Bertz CT molecular complexity index is 746. The van der Waals surface area contributed by atoms with Crippen LogP contribution in [0.3, 0.4) is 0 Å². The molecule has 3 nitrogen and oxygen atoms in total. The Balaban J connectivity index is 1.88. The fourth-order valence-corrected chi connectivity index (χ4v) is 2.97. The van der Waals surface area contributed by atoms with Crippen molar-refractivity contribution in [3.63, 3.8) is 0 Å². The Morgan fingerprint density at radius 3 is 2.26 bits per heavy atom. The lowest BCUT2D eigenvalue weighted by atomic mass is 9.82. The topological polar surface area (TPSA) is 43.4 Å². The molecule has 23 heavy (non-hydrogen) atoms. The van der Waals surface area contributed by atoms with E-state index in [4.69, 9.17) is 4.74 Å². The minimum absolute atomic E-state index is 0.0805. The molecule has 0 bridgehead atoms. The number of benzene rings is 2. The molecule has 0 aliphatic heterocycles. The lowest BCUT2D eigenvalue weighted by Crippen LogP contribution is -2.22. The van der Waals surface area contributed by atoms with Crippen LogP contribution in [0.15, 0.2) is 42.5 Å². The molecule has 0 amide bonds. The first kappa shape index (κ1) is 15.6. The van der Waals surface area contributed by atoms with Gasteiger partial charge in [-0.2, -0.15) is 0 Å². The number of ether oxygens (including phenoxy) is 1. The van der Waals surface area contributed by atoms with Crippen molar-refractivity contribution in [2.45, 2.75) is 32.8 Å². The van der Waals surface area contributed by atoms with Gasteiger partial charge >= 0.3 is 0 Å². The van der Waals surface area contributed by atoms with Gasteiger partial charge in [-0.3, -0.25) is 9.59 Å². The Morgan fingerprint density at radius 2 is 1.52 bits per heavy atom. The lowest BCUT2D eigenvalue weighted by Gasteiger charge is -2.20. The van der Waals surface area contributed by atoms with Crippen LogP contribution in [0, 0.1) is 0 Å². The normalized spacial score (nSPS) is 12.9. The first-order valence-electron chi connectivity index (χ1n) is 8.12. The minimum atomic E-state index is -0.0806. The molecule has 0 saturated heterocycles. The summed E-state index contributed by atoms with van der Waals surface area (Å²) in [5.41, 5.74) is 2.77. The highest BCUT2D eigenvalue weighted by atomic mass is 16.5. The quantitative estimate of drug-likeness (QED) is 0.642. The maximum absolute atomic E-state index is 12.8. The summed E-state index contributed by atoms with van der Waals surface area (Å²) in [5, 5.41) is 0. The van der Waals surface area contributed by atoms with Gasteiger partial charge in [0.1, 0.15) is 0 Å². The maximum atomic E-state index is 12.8. The summed E-state index contributed by atoms with van der Waals surface area (Å²) in [5.74, 6) is -0.161. The molecule has 0 unspecified atom stereocenters. The van der Waals surface area contributed by atoms with Crippen LogP contribution in [0.2, 0.25) is 0 Å². The van der Waals surface area contributed by atoms with Crippen molar-refractivity contribution in [3.05, 3.63) is 70.3 Å². The molecule has 1 aliphatic carbocycles. The van der Waals surface area contributed by atoms with E-state index >= 15 is 0 Å². The van der Waals surface area contributed by atoms with Gasteiger partial charge in [0.05, 0.1) is 6.61 Å². The van der Waals surface area contributed by atoms with Crippen LogP contribution in [0.4, 0.5) is 0 Å². The van der Waals surface area contributed by atoms with Gasteiger partial charge in [-0.15, -0.1) is 0 Å². The average Bonchev–Trinajstić information content (AvgIpc) is 2.59. The number of rotatable bonds is 6. The van der Waals surface area contributed by atoms with Gasteiger partial charge in [0, 0.05) is 28.9 Å². The van der Waals surface area contributed by atoms with E-state index < -0.39 is 0 Å². The van der Waals surface area contributed by atoms with Gasteiger partial charge in [-0.1, -0.05) is 62.2 Å². The molecule has 0 heterocycles. The second kappa shape index (κ2) is 6.88. The molecule has 2 aromatic rings. The summed E-state index contributed by atoms with van der Waals surface area (Å²) in [6.45, 7) is 3.19. The summed E-state index contributed by atoms with van der Waals surface area (Å²) in [4.78, 5) is 25.4. The van der Waals surface area contributed by atoms with Crippen molar-refractivity contribution in [2.24, 2.45) is 0 Å². The van der Waals surface area contributed by atoms with E-state index in [2.05, 4.69) is 6.92 Å². The molecule has 0 radical (unpaired) electrons. The molecule has 0 aromatic heterocycles.